The molecule has 6 nitrogen and oxygen atoms in total. The fourth-order valence-electron chi connectivity index (χ4n) is 6.37. The minimum absolute atomic E-state index is 0.00165. The highest BCUT2D eigenvalue weighted by molar-refractivity contribution is 6.05. The van der Waals surface area contributed by atoms with Crippen LogP contribution in [-0.4, -0.2) is 38.1 Å². The van der Waals surface area contributed by atoms with E-state index in [0.717, 1.165) is 32.1 Å². The van der Waals surface area contributed by atoms with Gasteiger partial charge < -0.3 is 20.4 Å². The van der Waals surface area contributed by atoms with Crippen molar-refractivity contribution in [2.24, 2.45) is 29.1 Å². The highest BCUT2D eigenvalue weighted by Crippen LogP contribution is 2.59. The minimum atomic E-state index is -0.771. The van der Waals surface area contributed by atoms with Gasteiger partial charge >= 0.3 is 0 Å². The zero-order chi connectivity index (χ0) is 25.6. The van der Waals surface area contributed by atoms with Crippen molar-refractivity contribution in [2.75, 3.05) is 0 Å². The third-order valence-corrected chi connectivity index (χ3v) is 8.58. The van der Waals surface area contributed by atoms with Crippen LogP contribution in [0.15, 0.2) is 12.2 Å². The van der Waals surface area contributed by atoms with E-state index in [9.17, 15) is 30.0 Å². The van der Waals surface area contributed by atoms with Crippen molar-refractivity contribution in [3.63, 3.8) is 0 Å². The molecule has 2 fully saturated rings. The Morgan fingerprint density at radius 1 is 1.18 bits per heavy atom. The standard InChI is InChI=1S/C28H40O6/c1-15(2)11-22(30)23-25(32)19(24(31)20(14-29)26(23)33)12-18-8-7-16(3)21-13-17(27(4,5)34)9-10-28(18,21)6/h14-15,17-18,21,31-34H,3,7-13H2,1-2,4-6H3. The second-order valence-corrected chi connectivity index (χ2v) is 11.7. The van der Waals surface area contributed by atoms with E-state index in [1.165, 1.54) is 5.57 Å². The number of hydrogen-bond acceptors (Lipinski definition) is 6. The topological polar surface area (TPSA) is 115 Å². The van der Waals surface area contributed by atoms with E-state index in [0.29, 0.717) is 6.29 Å². The van der Waals surface area contributed by atoms with Gasteiger partial charge in [0.1, 0.15) is 22.8 Å². The number of aliphatic hydroxyl groups is 1. The summed E-state index contributed by atoms with van der Waals surface area (Å²) in [6, 6.07) is 0. The number of benzene rings is 1. The van der Waals surface area contributed by atoms with Crippen molar-refractivity contribution in [1.29, 1.82) is 0 Å². The monoisotopic (exact) mass is 472 g/mol. The lowest BCUT2D eigenvalue weighted by Crippen LogP contribution is -2.48. The van der Waals surface area contributed by atoms with Crippen molar-refractivity contribution in [1.82, 2.24) is 0 Å². The second-order valence-electron chi connectivity index (χ2n) is 11.7. The number of Topliss-reactive ketones (excluding diaryl/α,β-unsaturated/α-hetero) is 1. The van der Waals surface area contributed by atoms with Crippen LogP contribution in [0.3, 0.4) is 0 Å². The molecule has 0 bridgehead atoms. The number of phenols is 3. The van der Waals surface area contributed by atoms with Gasteiger partial charge in [-0.05, 0) is 81.5 Å². The first kappa shape index (κ1) is 26.3. The first-order valence-corrected chi connectivity index (χ1v) is 12.4. The van der Waals surface area contributed by atoms with Crippen LogP contribution in [-0.2, 0) is 6.42 Å². The van der Waals surface area contributed by atoms with E-state index in [-0.39, 0.29) is 58.6 Å². The van der Waals surface area contributed by atoms with Crippen LogP contribution in [0.4, 0.5) is 0 Å². The molecule has 6 heteroatoms. The van der Waals surface area contributed by atoms with Crippen molar-refractivity contribution in [2.45, 2.75) is 85.2 Å². The third kappa shape index (κ3) is 4.61. The molecule has 0 aromatic heterocycles. The average Bonchev–Trinajstić information content (AvgIpc) is 2.71. The smallest absolute Gasteiger partial charge is 0.170 e. The molecule has 2 aliphatic rings. The van der Waals surface area contributed by atoms with Crippen LogP contribution in [0, 0.1) is 29.1 Å². The largest absolute Gasteiger partial charge is 0.507 e. The highest BCUT2D eigenvalue weighted by atomic mass is 16.3. The van der Waals surface area contributed by atoms with Crippen LogP contribution < -0.4 is 0 Å². The average molecular weight is 473 g/mol. The number of carbonyl (C=O) groups is 2. The summed E-state index contributed by atoms with van der Waals surface area (Å²) in [5.41, 5.74) is -0.240. The molecule has 1 aromatic rings. The summed E-state index contributed by atoms with van der Waals surface area (Å²) in [7, 11) is 0. The molecular weight excluding hydrogens is 432 g/mol. The van der Waals surface area contributed by atoms with Gasteiger partial charge in [-0.1, -0.05) is 32.9 Å². The minimum Gasteiger partial charge on any atom is -0.507 e. The van der Waals surface area contributed by atoms with E-state index < -0.39 is 28.6 Å². The van der Waals surface area contributed by atoms with Crippen LogP contribution in [0.25, 0.3) is 0 Å². The molecule has 3 rings (SSSR count). The molecule has 0 spiro atoms. The maximum atomic E-state index is 12.8. The summed E-state index contributed by atoms with van der Waals surface area (Å²) in [4.78, 5) is 24.5. The van der Waals surface area contributed by atoms with Gasteiger partial charge in [-0.25, -0.2) is 0 Å². The normalized spacial score (nSPS) is 27.5. The number of aromatic hydroxyl groups is 3. The van der Waals surface area contributed by atoms with Gasteiger partial charge in [0.05, 0.1) is 11.2 Å². The Hall–Kier alpha value is -2.34. The van der Waals surface area contributed by atoms with Crippen molar-refractivity contribution in [3.05, 3.63) is 28.8 Å². The van der Waals surface area contributed by atoms with Crippen molar-refractivity contribution in [3.8, 4) is 17.2 Å². The van der Waals surface area contributed by atoms with Gasteiger partial charge in [-0.2, -0.15) is 0 Å². The molecular formula is C28H40O6. The fourth-order valence-corrected chi connectivity index (χ4v) is 6.37. The second kappa shape index (κ2) is 9.37. The van der Waals surface area contributed by atoms with Gasteiger partial charge in [0, 0.05) is 12.0 Å². The number of ketones is 1. The SMILES string of the molecule is C=C1CCC(Cc2c(O)c(C=O)c(O)c(C(=O)CC(C)C)c2O)C2(C)CCC(C(C)(C)O)CC12. The Bertz CT molecular complexity index is 986. The van der Waals surface area contributed by atoms with Crippen LogP contribution >= 0.6 is 0 Å². The molecule has 0 saturated heterocycles. The zero-order valence-electron chi connectivity index (χ0n) is 21.1. The molecule has 0 amide bonds. The molecule has 0 heterocycles. The van der Waals surface area contributed by atoms with E-state index in [1.807, 2.05) is 27.7 Å². The van der Waals surface area contributed by atoms with Gasteiger partial charge in [0.2, 0.25) is 0 Å². The van der Waals surface area contributed by atoms with E-state index in [2.05, 4.69) is 13.5 Å². The third-order valence-electron chi connectivity index (χ3n) is 8.58. The lowest BCUT2D eigenvalue weighted by molar-refractivity contribution is -0.0590. The number of fused-ring (bicyclic) bond motifs is 1. The van der Waals surface area contributed by atoms with Crippen LogP contribution in [0.5, 0.6) is 17.2 Å². The van der Waals surface area contributed by atoms with Crippen molar-refractivity contribution < 1.29 is 30.0 Å². The summed E-state index contributed by atoms with van der Waals surface area (Å²) in [6.07, 6.45) is 4.91. The Morgan fingerprint density at radius 3 is 2.38 bits per heavy atom. The van der Waals surface area contributed by atoms with Crippen LogP contribution in [0.1, 0.15) is 99.4 Å². The molecule has 4 N–H and O–H groups in total. The molecule has 1 aromatic carbocycles. The molecule has 4 unspecified atom stereocenters. The maximum Gasteiger partial charge on any atom is 0.170 e. The number of allylic oxidation sites excluding steroid dienone is 1. The summed E-state index contributed by atoms with van der Waals surface area (Å²) >= 11 is 0. The zero-order valence-corrected chi connectivity index (χ0v) is 21.1. The van der Waals surface area contributed by atoms with Gasteiger partial charge in [0.15, 0.2) is 12.1 Å². The predicted octanol–water partition coefficient (Wildman–Crippen LogP) is 5.55. The molecule has 2 aliphatic carbocycles. The van der Waals surface area contributed by atoms with E-state index in [1.54, 1.807) is 0 Å². The Morgan fingerprint density at radius 2 is 1.82 bits per heavy atom. The van der Waals surface area contributed by atoms with E-state index in [4.69, 9.17) is 0 Å². The summed E-state index contributed by atoms with van der Waals surface area (Å²) in [5.74, 6) is -1.57. The van der Waals surface area contributed by atoms with Crippen molar-refractivity contribution >= 4 is 12.1 Å². The Labute approximate surface area is 202 Å². The van der Waals surface area contributed by atoms with Crippen LogP contribution in [0.2, 0.25) is 0 Å². The van der Waals surface area contributed by atoms with Gasteiger partial charge in [-0.15, -0.1) is 0 Å². The first-order chi connectivity index (χ1) is 15.7. The van der Waals surface area contributed by atoms with Gasteiger partial charge in [0.25, 0.3) is 0 Å². The lowest BCUT2D eigenvalue weighted by atomic mass is 9.50. The number of hydrogen-bond donors (Lipinski definition) is 4. The predicted molar refractivity (Wildman–Crippen MR) is 131 cm³/mol. The summed E-state index contributed by atoms with van der Waals surface area (Å²) < 4.78 is 0. The van der Waals surface area contributed by atoms with E-state index >= 15 is 0 Å². The Kier molecular flexibility index (Phi) is 7.24. The molecule has 188 valence electrons. The molecule has 0 aliphatic heterocycles. The number of carbonyl (C=O) groups excluding carboxylic acids is 2. The summed E-state index contributed by atoms with van der Waals surface area (Å²) in [6.45, 7) is 14.0. The molecule has 34 heavy (non-hydrogen) atoms. The number of aldehydes is 1. The fraction of sp³-hybridized carbons (Fsp3) is 0.643. The molecule has 0 radical (unpaired) electrons. The van der Waals surface area contributed by atoms with Gasteiger partial charge in [-0.3, -0.25) is 9.59 Å². The first-order valence-electron chi connectivity index (χ1n) is 12.4. The number of rotatable bonds is 7. The number of phenolic OH excluding ortho intramolecular Hbond substituents is 3. The molecule has 2 saturated carbocycles. The lowest BCUT2D eigenvalue weighted by Gasteiger charge is -2.55. The highest BCUT2D eigenvalue weighted by Gasteiger charge is 2.50. The Balaban J connectivity index is 2.02. The molecule has 4 atom stereocenters. The quantitative estimate of drug-likeness (QED) is 0.235. The summed E-state index contributed by atoms with van der Waals surface area (Å²) in [5, 5.41) is 43.1. The maximum absolute atomic E-state index is 12.8.